The molecule has 1 unspecified atom stereocenters. The fourth-order valence-electron chi connectivity index (χ4n) is 2.77. The molecule has 2 nitrogen and oxygen atoms in total. The van der Waals surface area contributed by atoms with Crippen LogP contribution >= 0.6 is 11.6 Å². The molecule has 124 valence electrons. The minimum atomic E-state index is 0.400. The molecule has 0 aromatic heterocycles. The van der Waals surface area contributed by atoms with Crippen molar-refractivity contribution in [1.29, 1.82) is 0 Å². The first-order valence-electron chi connectivity index (χ1n) is 8.14. The van der Waals surface area contributed by atoms with Gasteiger partial charge in [0.1, 0.15) is 5.75 Å². The highest BCUT2D eigenvalue weighted by atomic mass is 35.5. The third-order valence-corrected chi connectivity index (χ3v) is 4.83. The molecule has 0 spiro atoms. The second-order valence-electron chi connectivity index (χ2n) is 6.22. The number of hydrogen-bond donors (Lipinski definition) is 1. The van der Waals surface area contributed by atoms with Crippen LogP contribution in [0.3, 0.4) is 0 Å². The second-order valence-corrected chi connectivity index (χ2v) is 6.63. The lowest BCUT2D eigenvalue weighted by Crippen LogP contribution is -2.09. The number of nitrogens with one attached hydrogen (secondary N) is 1. The topological polar surface area (TPSA) is 21.3 Å². The summed E-state index contributed by atoms with van der Waals surface area (Å²) in [5.74, 6) is 1.29. The van der Waals surface area contributed by atoms with Crippen LogP contribution in [0.5, 0.6) is 5.75 Å². The van der Waals surface area contributed by atoms with Crippen molar-refractivity contribution in [1.82, 2.24) is 0 Å². The van der Waals surface area contributed by atoms with Crippen LogP contribution in [0.4, 0.5) is 5.69 Å². The van der Waals surface area contributed by atoms with Crippen LogP contribution in [0.15, 0.2) is 54.6 Å². The highest BCUT2D eigenvalue weighted by molar-refractivity contribution is 6.31. The number of halogens is 1. The van der Waals surface area contributed by atoms with Crippen molar-refractivity contribution in [3.63, 3.8) is 0 Å². The molecular weight excluding hydrogens is 318 g/mol. The maximum absolute atomic E-state index is 6.19. The monoisotopic (exact) mass is 339 g/mol. The summed E-state index contributed by atoms with van der Waals surface area (Å²) in [6, 6.07) is 18.9. The number of benzene rings is 3. The van der Waals surface area contributed by atoms with Crippen molar-refractivity contribution in [2.24, 2.45) is 0 Å². The molecule has 3 aromatic rings. The lowest BCUT2D eigenvalue weighted by molar-refractivity contribution is 0.415. The molecule has 0 amide bonds. The summed E-state index contributed by atoms with van der Waals surface area (Å²) >= 11 is 6.19. The highest BCUT2D eigenvalue weighted by Gasteiger charge is 2.07. The average molecular weight is 340 g/mol. The fraction of sp³-hybridized carbons (Fsp3) is 0.238. The van der Waals surface area contributed by atoms with Crippen LogP contribution < -0.4 is 10.1 Å². The van der Waals surface area contributed by atoms with Crippen molar-refractivity contribution >= 4 is 28.1 Å². The Morgan fingerprint density at radius 3 is 2.50 bits per heavy atom. The van der Waals surface area contributed by atoms with E-state index in [9.17, 15) is 0 Å². The first kappa shape index (κ1) is 16.7. The molecule has 0 heterocycles. The van der Waals surface area contributed by atoms with Crippen molar-refractivity contribution in [2.45, 2.75) is 19.8 Å². The molecule has 1 atom stereocenters. The van der Waals surface area contributed by atoms with Gasteiger partial charge in [-0.15, -0.1) is 0 Å². The van der Waals surface area contributed by atoms with Crippen LogP contribution in [0.1, 0.15) is 24.0 Å². The number of hydrogen-bond acceptors (Lipinski definition) is 2. The van der Waals surface area contributed by atoms with E-state index in [0.717, 1.165) is 28.6 Å². The molecule has 0 aliphatic rings. The largest absolute Gasteiger partial charge is 0.497 e. The van der Waals surface area contributed by atoms with Crippen molar-refractivity contribution < 1.29 is 4.74 Å². The maximum Gasteiger partial charge on any atom is 0.119 e. The van der Waals surface area contributed by atoms with Crippen molar-refractivity contribution in [3.8, 4) is 5.75 Å². The van der Waals surface area contributed by atoms with Crippen molar-refractivity contribution in [3.05, 3.63) is 70.7 Å². The van der Waals surface area contributed by atoms with E-state index in [-0.39, 0.29) is 0 Å². The zero-order chi connectivity index (χ0) is 17.1. The lowest BCUT2D eigenvalue weighted by Gasteiger charge is -2.15. The van der Waals surface area contributed by atoms with E-state index in [1.165, 1.54) is 16.3 Å². The molecule has 0 bridgehead atoms. The first-order valence-corrected chi connectivity index (χ1v) is 8.52. The van der Waals surface area contributed by atoms with Gasteiger partial charge in [0.15, 0.2) is 0 Å². The second kappa shape index (κ2) is 7.14. The van der Waals surface area contributed by atoms with Gasteiger partial charge in [0.25, 0.3) is 0 Å². The quantitative estimate of drug-likeness (QED) is 0.613. The highest BCUT2D eigenvalue weighted by Crippen LogP contribution is 2.26. The van der Waals surface area contributed by atoms with Gasteiger partial charge >= 0.3 is 0 Å². The number of aryl methyl sites for hydroxylation is 1. The molecule has 0 saturated heterocycles. The van der Waals surface area contributed by atoms with E-state index in [4.69, 9.17) is 16.3 Å². The summed E-state index contributed by atoms with van der Waals surface area (Å²) in [5.41, 5.74) is 3.47. The first-order chi connectivity index (χ1) is 11.6. The van der Waals surface area contributed by atoms with Crippen LogP contribution in [0.25, 0.3) is 10.8 Å². The predicted molar refractivity (Wildman–Crippen MR) is 104 cm³/mol. The minimum Gasteiger partial charge on any atom is -0.497 e. The Labute approximate surface area is 148 Å². The number of anilines is 1. The summed E-state index contributed by atoms with van der Waals surface area (Å²) in [4.78, 5) is 0. The number of ether oxygens (including phenoxy) is 1. The summed E-state index contributed by atoms with van der Waals surface area (Å²) in [5, 5.41) is 6.70. The Bertz CT molecular complexity index is 860. The van der Waals surface area contributed by atoms with E-state index in [2.05, 4.69) is 48.6 Å². The Hall–Kier alpha value is -2.19. The maximum atomic E-state index is 6.19. The van der Waals surface area contributed by atoms with Gasteiger partial charge in [0.05, 0.1) is 7.11 Å². The molecule has 3 heteroatoms. The molecule has 0 saturated carbocycles. The molecular formula is C21H22ClNO. The Morgan fingerprint density at radius 2 is 1.75 bits per heavy atom. The van der Waals surface area contributed by atoms with E-state index in [1.807, 2.05) is 25.1 Å². The SMILES string of the molecule is COc1ccc2cc(C(C)CNc3ccc(C)c(Cl)c3)ccc2c1. The molecule has 0 aliphatic heterocycles. The van der Waals surface area contributed by atoms with Crippen LogP contribution in [-0.4, -0.2) is 13.7 Å². The third-order valence-electron chi connectivity index (χ3n) is 4.42. The van der Waals surface area contributed by atoms with E-state index >= 15 is 0 Å². The Balaban J connectivity index is 1.73. The lowest BCUT2D eigenvalue weighted by atomic mass is 9.97. The van der Waals surface area contributed by atoms with Crippen LogP contribution in [0.2, 0.25) is 5.02 Å². The van der Waals surface area contributed by atoms with Crippen molar-refractivity contribution in [2.75, 3.05) is 19.0 Å². The van der Waals surface area contributed by atoms with Gasteiger partial charge in [-0.05, 0) is 59.0 Å². The Morgan fingerprint density at radius 1 is 1.00 bits per heavy atom. The number of methoxy groups -OCH3 is 1. The summed E-state index contributed by atoms with van der Waals surface area (Å²) in [6.07, 6.45) is 0. The van der Waals surface area contributed by atoms with Gasteiger partial charge in [0.2, 0.25) is 0 Å². The average Bonchev–Trinajstić information content (AvgIpc) is 2.61. The molecule has 0 fully saturated rings. The van der Waals surface area contributed by atoms with Gasteiger partial charge in [0, 0.05) is 17.3 Å². The van der Waals surface area contributed by atoms with Crippen LogP contribution in [-0.2, 0) is 0 Å². The number of rotatable bonds is 5. The zero-order valence-electron chi connectivity index (χ0n) is 14.3. The molecule has 24 heavy (non-hydrogen) atoms. The molecule has 0 aliphatic carbocycles. The van der Waals surface area contributed by atoms with Gasteiger partial charge in [-0.2, -0.15) is 0 Å². The van der Waals surface area contributed by atoms with Gasteiger partial charge in [-0.1, -0.05) is 48.9 Å². The standard InChI is InChI=1S/C21H22ClNO/c1-14-4-8-19(12-21(14)22)23-13-15(2)16-5-6-18-11-20(24-3)9-7-17(18)10-16/h4-12,15,23H,13H2,1-3H3. The minimum absolute atomic E-state index is 0.400. The van der Waals surface area contributed by atoms with E-state index in [1.54, 1.807) is 7.11 Å². The molecule has 0 radical (unpaired) electrons. The predicted octanol–water partition coefficient (Wildman–Crippen LogP) is 6.03. The normalized spacial score (nSPS) is 12.2. The molecule has 1 N–H and O–H groups in total. The fourth-order valence-corrected chi connectivity index (χ4v) is 2.95. The third kappa shape index (κ3) is 3.65. The van der Waals surface area contributed by atoms with Gasteiger partial charge in [-0.25, -0.2) is 0 Å². The molecule has 3 rings (SSSR count). The smallest absolute Gasteiger partial charge is 0.119 e. The van der Waals surface area contributed by atoms with E-state index < -0.39 is 0 Å². The Kier molecular flexibility index (Phi) is 4.96. The van der Waals surface area contributed by atoms with Crippen LogP contribution in [0, 0.1) is 6.92 Å². The molecule has 3 aromatic carbocycles. The van der Waals surface area contributed by atoms with Gasteiger partial charge in [-0.3, -0.25) is 0 Å². The van der Waals surface area contributed by atoms with Gasteiger partial charge < -0.3 is 10.1 Å². The summed E-state index contributed by atoms with van der Waals surface area (Å²) in [7, 11) is 1.70. The zero-order valence-corrected chi connectivity index (χ0v) is 15.0. The van der Waals surface area contributed by atoms with E-state index in [0.29, 0.717) is 5.92 Å². The number of fused-ring (bicyclic) bond motifs is 1. The summed E-state index contributed by atoms with van der Waals surface area (Å²) in [6.45, 7) is 5.10. The summed E-state index contributed by atoms with van der Waals surface area (Å²) < 4.78 is 5.28.